The van der Waals surface area contributed by atoms with E-state index in [4.69, 9.17) is 19.1 Å². The molecule has 0 fully saturated rings. The van der Waals surface area contributed by atoms with Crippen LogP contribution in [0, 0.1) is 0 Å². The van der Waals surface area contributed by atoms with Crippen molar-refractivity contribution in [2.45, 2.75) is 50.7 Å². The fraction of sp³-hybridized carbons (Fsp3) is 0.875. The highest BCUT2D eigenvalue weighted by atomic mass is 28.4. The van der Waals surface area contributed by atoms with Crippen molar-refractivity contribution in [3.8, 4) is 0 Å². The minimum Gasteiger partial charge on any atom is -0.447 e. The molecule has 4 atom stereocenters. The summed E-state index contributed by atoms with van der Waals surface area (Å²) in [5.74, 6) is -1.08. The van der Waals surface area contributed by atoms with E-state index >= 15 is 0 Å². The summed E-state index contributed by atoms with van der Waals surface area (Å²) in [5.41, 5.74) is 0. The Morgan fingerprint density at radius 1 is 0.967 bits per heavy atom. The van der Waals surface area contributed by atoms with Gasteiger partial charge >= 0.3 is 14.9 Å². The topological polar surface area (TPSA) is 212 Å². The number of likely N-dealkylation sites (N-methyl/N-ethyl adjacent to an activating group) is 1. The minimum atomic E-state index is -4.23. The molecule has 0 bridgehead atoms. The van der Waals surface area contributed by atoms with Crippen LogP contribution in [0.4, 0.5) is 4.79 Å². The molecule has 0 saturated carbocycles. The molecule has 0 radical (unpaired) electrons. The van der Waals surface area contributed by atoms with Crippen LogP contribution in [0.25, 0.3) is 0 Å². The number of amides is 2. The Balaban J connectivity index is 4.26. The van der Waals surface area contributed by atoms with E-state index in [-0.39, 0.29) is 19.0 Å². The summed E-state index contributed by atoms with van der Waals surface area (Å²) in [6.45, 7) is 5.69. The normalized spacial score (nSPS) is 15.9. The Morgan fingerprint density at radius 2 is 1.57 bits per heavy atom. The van der Waals surface area contributed by atoms with Crippen molar-refractivity contribution in [2.24, 2.45) is 0 Å². The lowest BCUT2D eigenvalue weighted by molar-refractivity contribution is -0.149. The van der Waals surface area contributed by atoms with Gasteiger partial charge in [0.25, 0.3) is 5.91 Å². The lowest BCUT2D eigenvalue weighted by atomic mass is 10.0. The highest BCUT2D eigenvalue weighted by molar-refractivity contribution is 6.56. The van der Waals surface area contributed by atoms with Gasteiger partial charge in [-0.2, -0.15) is 0 Å². The van der Waals surface area contributed by atoms with Gasteiger partial charge in [-0.15, -0.1) is 0 Å². The first-order valence-corrected chi connectivity index (χ1v) is 11.8. The van der Waals surface area contributed by atoms with Crippen molar-refractivity contribution >= 4 is 20.8 Å². The minimum absolute atomic E-state index is 0.00663. The molecule has 9 N–H and O–H groups in total. The van der Waals surface area contributed by atoms with Gasteiger partial charge in [0.05, 0.1) is 0 Å². The molecule has 14 heteroatoms. The maximum atomic E-state index is 11.7. The largest absolute Gasteiger partial charge is 0.492 e. The fourth-order valence-electron chi connectivity index (χ4n) is 2.38. The predicted octanol–water partition coefficient (Wildman–Crippen LogP) is -4.08. The number of aliphatic hydroxyl groups excluding tert-OH is 4. The fourth-order valence-corrected chi connectivity index (χ4v) is 3.03. The number of nitrogens with one attached hydrogen (secondary N) is 2. The van der Waals surface area contributed by atoms with Crippen LogP contribution in [0.2, 0.25) is 6.04 Å². The smallest absolute Gasteiger partial charge is 0.447 e. The second kappa shape index (κ2) is 14.6. The third kappa shape index (κ3) is 12.4. The van der Waals surface area contributed by atoms with Gasteiger partial charge in [-0.05, 0) is 19.5 Å². The molecule has 30 heavy (non-hydrogen) atoms. The highest BCUT2D eigenvalue weighted by Crippen LogP contribution is 2.07. The van der Waals surface area contributed by atoms with E-state index in [0.717, 1.165) is 13.1 Å². The standard InChI is InChI=1S/C16H35N3O10Si/c1-3-19(4-2)8-7-18-16(25)29-10-11(20)12(21)13(22)14(23)15(24)17-6-5-9-30(26,27)28/h11-14,20-23,26-28H,3-10H2,1-2H3,(H,17,24)(H,18,25). The van der Waals surface area contributed by atoms with Crippen molar-refractivity contribution < 1.29 is 49.1 Å². The molecule has 0 spiro atoms. The number of nitrogens with zero attached hydrogens (tertiary/aromatic N) is 1. The number of carbonyl (C=O) groups is 2. The van der Waals surface area contributed by atoms with Gasteiger partial charge in [-0.1, -0.05) is 13.8 Å². The molecule has 0 aromatic carbocycles. The quantitative estimate of drug-likeness (QED) is 0.0852. The van der Waals surface area contributed by atoms with Crippen LogP contribution in [0.15, 0.2) is 0 Å². The summed E-state index contributed by atoms with van der Waals surface area (Å²) in [4.78, 5) is 51.9. The molecule has 0 heterocycles. The van der Waals surface area contributed by atoms with Crippen LogP contribution in [0.3, 0.4) is 0 Å². The summed E-state index contributed by atoms with van der Waals surface area (Å²) in [6.07, 6.45) is -8.75. The van der Waals surface area contributed by atoms with Crippen LogP contribution in [0.5, 0.6) is 0 Å². The molecule has 4 unspecified atom stereocenters. The van der Waals surface area contributed by atoms with Gasteiger partial charge in [0.15, 0.2) is 6.10 Å². The lowest BCUT2D eigenvalue weighted by Gasteiger charge is -2.26. The van der Waals surface area contributed by atoms with Crippen molar-refractivity contribution in [3.63, 3.8) is 0 Å². The maximum absolute atomic E-state index is 11.7. The van der Waals surface area contributed by atoms with Gasteiger partial charge in [0, 0.05) is 25.7 Å². The van der Waals surface area contributed by atoms with Gasteiger partial charge < -0.3 is 55.1 Å². The molecular weight excluding hydrogens is 422 g/mol. The zero-order valence-electron chi connectivity index (χ0n) is 17.3. The van der Waals surface area contributed by atoms with Crippen LogP contribution in [-0.2, 0) is 9.53 Å². The summed E-state index contributed by atoms with van der Waals surface area (Å²) in [5, 5.41) is 43.9. The molecule has 0 aliphatic rings. The van der Waals surface area contributed by atoms with E-state index in [1.165, 1.54) is 0 Å². The van der Waals surface area contributed by atoms with E-state index in [1.807, 2.05) is 13.8 Å². The van der Waals surface area contributed by atoms with E-state index in [1.54, 1.807) is 0 Å². The molecular formula is C16H35N3O10Si. The number of ether oxygens (including phenoxy) is 1. The van der Waals surface area contributed by atoms with Crippen LogP contribution in [0.1, 0.15) is 20.3 Å². The maximum Gasteiger partial charge on any atom is 0.492 e. The van der Waals surface area contributed by atoms with Gasteiger partial charge in [0.2, 0.25) is 0 Å². The SMILES string of the molecule is CCN(CC)CCNC(=O)OCC(O)C(O)C(O)C(O)C(=O)NCCC[Si](O)(O)O. The van der Waals surface area contributed by atoms with E-state index in [2.05, 4.69) is 15.5 Å². The predicted molar refractivity (Wildman–Crippen MR) is 106 cm³/mol. The number of hydrogen-bond donors (Lipinski definition) is 9. The second-order valence-corrected chi connectivity index (χ2v) is 8.76. The first-order chi connectivity index (χ1) is 13.9. The average molecular weight is 458 g/mol. The third-order valence-corrected chi connectivity index (χ3v) is 5.33. The first-order valence-electron chi connectivity index (χ1n) is 9.73. The number of alkyl carbamates (subject to hydrolysis) is 1. The molecule has 0 aromatic heterocycles. The average Bonchev–Trinajstić information content (AvgIpc) is 2.69. The van der Waals surface area contributed by atoms with Crippen molar-refractivity contribution in [2.75, 3.05) is 39.3 Å². The second-order valence-electron chi connectivity index (χ2n) is 6.71. The summed E-state index contributed by atoms with van der Waals surface area (Å²) in [6, 6.07) is -0.332. The molecule has 178 valence electrons. The monoisotopic (exact) mass is 457 g/mol. The molecule has 0 aliphatic carbocycles. The van der Waals surface area contributed by atoms with Crippen LogP contribution >= 0.6 is 0 Å². The van der Waals surface area contributed by atoms with Gasteiger partial charge in [-0.25, -0.2) is 4.79 Å². The van der Waals surface area contributed by atoms with Gasteiger partial charge in [0.1, 0.15) is 24.9 Å². The zero-order valence-corrected chi connectivity index (χ0v) is 18.3. The molecule has 0 aliphatic heterocycles. The first kappa shape index (κ1) is 28.6. The molecule has 13 nitrogen and oxygen atoms in total. The van der Waals surface area contributed by atoms with Gasteiger partial charge in [-0.3, -0.25) is 4.79 Å². The number of aliphatic hydroxyl groups is 4. The summed E-state index contributed by atoms with van der Waals surface area (Å²) >= 11 is 0. The van der Waals surface area contributed by atoms with Crippen molar-refractivity contribution in [1.82, 2.24) is 15.5 Å². The molecule has 0 saturated heterocycles. The Kier molecular flexibility index (Phi) is 13.9. The molecule has 2 amide bonds. The Morgan fingerprint density at radius 3 is 2.10 bits per heavy atom. The summed E-state index contributed by atoms with van der Waals surface area (Å²) in [7, 11) is -4.23. The van der Waals surface area contributed by atoms with E-state index in [9.17, 15) is 30.0 Å². The lowest BCUT2D eigenvalue weighted by Crippen LogP contribution is -2.52. The number of rotatable bonds is 15. The Bertz CT molecular complexity index is 504. The molecule has 0 aromatic rings. The highest BCUT2D eigenvalue weighted by Gasteiger charge is 2.35. The van der Waals surface area contributed by atoms with Crippen LogP contribution < -0.4 is 10.6 Å². The van der Waals surface area contributed by atoms with E-state index < -0.39 is 51.8 Å². The van der Waals surface area contributed by atoms with Crippen molar-refractivity contribution in [1.29, 1.82) is 0 Å². The third-order valence-electron chi connectivity index (χ3n) is 4.30. The van der Waals surface area contributed by atoms with Crippen molar-refractivity contribution in [3.05, 3.63) is 0 Å². The summed E-state index contributed by atoms with van der Waals surface area (Å²) < 4.78 is 4.74. The zero-order chi connectivity index (χ0) is 23.3. The number of hydrogen-bond acceptors (Lipinski definition) is 11. The van der Waals surface area contributed by atoms with E-state index in [0.29, 0.717) is 13.1 Å². The molecule has 0 rings (SSSR count). The Hall–Kier alpha value is -1.36. The van der Waals surface area contributed by atoms with Crippen LogP contribution in [-0.4, -0.2) is 124 Å². The Labute approximate surface area is 176 Å². The number of carbonyl (C=O) groups excluding carboxylic acids is 2.